The molecule has 190 valence electrons. The molecule has 4 aromatic carbocycles. The van der Waals surface area contributed by atoms with Gasteiger partial charge in [0, 0.05) is 5.56 Å². The number of carbonyl (C=O) groups excluding carboxylic acids is 1. The van der Waals surface area contributed by atoms with Gasteiger partial charge in [-0.05, 0) is 72.9 Å². The molecule has 0 saturated carbocycles. The standard InChI is InChI=1S/C31H32N2O3S/c1-22-10-15-27(16-11-22)30(26-8-6-5-7-9-26)32-31(34)28-17-13-25(14-18-28)21-33(37(4,35)36)29-19-12-23(2)24(3)20-29/h5-20,30H,21H2,1-4H3,(H,32,34)/t30-/m1/s1. The Bertz CT molecular complexity index is 1480. The molecule has 0 aliphatic rings. The lowest BCUT2D eigenvalue weighted by atomic mass is 9.97. The molecule has 0 aliphatic heterocycles. The number of hydrogen-bond acceptors (Lipinski definition) is 3. The number of carbonyl (C=O) groups is 1. The van der Waals surface area contributed by atoms with Crippen LogP contribution in [0.2, 0.25) is 0 Å². The van der Waals surface area contributed by atoms with Gasteiger partial charge in [-0.2, -0.15) is 0 Å². The summed E-state index contributed by atoms with van der Waals surface area (Å²) in [7, 11) is -3.50. The summed E-state index contributed by atoms with van der Waals surface area (Å²) < 4.78 is 26.5. The van der Waals surface area contributed by atoms with Gasteiger partial charge in [0.1, 0.15) is 0 Å². The molecule has 0 spiro atoms. The van der Waals surface area contributed by atoms with Crippen molar-refractivity contribution < 1.29 is 13.2 Å². The van der Waals surface area contributed by atoms with Crippen LogP contribution in [0.1, 0.15) is 49.8 Å². The number of sulfonamides is 1. The summed E-state index contributed by atoms with van der Waals surface area (Å²) >= 11 is 0. The van der Waals surface area contributed by atoms with Crippen LogP contribution in [0.5, 0.6) is 0 Å². The minimum Gasteiger partial charge on any atom is -0.341 e. The molecular weight excluding hydrogens is 480 g/mol. The van der Waals surface area contributed by atoms with Crippen LogP contribution >= 0.6 is 0 Å². The summed E-state index contributed by atoms with van der Waals surface area (Å²) in [5.41, 5.74) is 7.20. The number of nitrogens with one attached hydrogen (secondary N) is 1. The van der Waals surface area contributed by atoms with Crippen LogP contribution in [0.15, 0.2) is 97.1 Å². The molecule has 1 N–H and O–H groups in total. The molecule has 6 heteroatoms. The van der Waals surface area contributed by atoms with Gasteiger partial charge in [-0.1, -0.05) is 78.4 Å². The van der Waals surface area contributed by atoms with E-state index in [4.69, 9.17) is 0 Å². The zero-order chi connectivity index (χ0) is 26.6. The molecule has 0 bridgehead atoms. The SMILES string of the molecule is Cc1ccc([C@H](NC(=O)c2ccc(CN(c3ccc(C)c(C)c3)S(C)(=O)=O)cc2)c2ccccc2)cc1. The Kier molecular flexibility index (Phi) is 7.79. The van der Waals surface area contributed by atoms with Gasteiger partial charge in [0.25, 0.3) is 5.91 Å². The highest BCUT2D eigenvalue weighted by atomic mass is 32.2. The van der Waals surface area contributed by atoms with E-state index in [1.54, 1.807) is 24.3 Å². The van der Waals surface area contributed by atoms with Crippen molar-refractivity contribution in [3.63, 3.8) is 0 Å². The largest absolute Gasteiger partial charge is 0.341 e. The normalized spacial score (nSPS) is 12.1. The Morgan fingerprint density at radius 2 is 1.41 bits per heavy atom. The number of hydrogen-bond donors (Lipinski definition) is 1. The lowest BCUT2D eigenvalue weighted by molar-refractivity contribution is 0.0943. The van der Waals surface area contributed by atoms with Crippen molar-refractivity contribution in [2.75, 3.05) is 10.6 Å². The molecule has 4 rings (SSSR count). The fourth-order valence-corrected chi connectivity index (χ4v) is 5.07. The van der Waals surface area contributed by atoms with Crippen molar-refractivity contribution in [2.24, 2.45) is 0 Å². The first kappa shape index (κ1) is 26.2. The second kappa shape index (κ2) is 11.0. The van der Waals surface area contributed by atoms with Gasteiger partial charge in [-0.3, -0.25) is 9.10 Å². The first-order valence-electron chi connectivity index (χ1n) is 12.2. The maximum atomic E-state index is 13.2. The van der Waals surface area contributed by atoms with Gasteiger partial charge in [-0.15, -0.1) is 0 Å². The summed E-state index contributed by atoms with van der Waals surface area (Å²) in [6.45, 7) is 6.17. The zero-order valence-corrected chi connectivity index (χ0v) is 22.4. The van der Waals surface area contributed by atoms with Crippen LogP contribution in [0.3, 0.4) is 0 Å². The van der Waals surface area contributed by atoms with Crippen molar-refractivity contribution in [1.82, 2.24) is 5.32 Å². The lowest BCUT2D eigenvalue weighted by Gasteiger charge is -2.23. The van der Waals surface area contributed by atoms with E-state index in [0.717, 1.165) is 33.4 Å². The topological polar surface area (TPSA) is 66.5 Å². The number of nitrogens with zero attached hydrogens (tertiary/aromatic N) is 1. The van der Waals surface area contributed by atoms with Gasteiger partial charge in [0.15, 0.2) is 0 Å². The van der Waals surface area contributed by atoms with E-state index in [-0.39, 0.29) is 18.5 Å². The van der Waals surface area contributed by atoms with Gasteiger partial charge in [0.2, 0.25) is 10.0 Å². The fourth-order valence-electron chi connectivity index (χ4n) is 4.19. The first-order chi connectivity index (χ1) is 17.6. The number of benzene rings is 4. The minimum absolute atomic E-state index is 0.180. The van der Waals surface area contributed by atoms with Crippen LogP contribution in [0.4, 0.5) is 5.69 Å². The van der Waals surface area contributed by atoms with E-state index >= 15 is 0 Å². The van der Waals surface area contributed by atoms with Crippen LogP contribution in [-0.4, -0.2) is 20.6 Å². The van der Waals surface area contributed by atoms with Crippen molar-refractivity contribution in [2.45, 2.75) is 33.4 Å². The maximum absolute atomic E-state index is 13.2. The van der Waals surface area contributed by atoms with Gasteiger partial charge in [0.05, 0.1) is 24.5 Å². The Labute approximate surface area is 219 Å². The van der Waals surface area contributed by atoms with E-state index in [2.05, 4.69) is 5.32 Å². The second-order valence-electron chi connectivity index (χ2n) is 9.46. The number of aryl methyl sites for hydroxylation is 3. The summed E-state index contributed by atoms with van der Waals surface area (Å²) in [5, 5.41) is 3.16. The molecule has 0 aliphatic carbocycles. The fraction of sp³-hybridized carbons (Fsp3) is 0.194. The highest BCUT2D eigenvalue weighted by molar-refractivity contribution is 7.92. The van der Waals surface area contributed by atoms with Gasteiger partial charge in [-0.25, -0.2) is 8.42 Å². The molecule has 5 nitrogen and oxygen atoms in total. The average molecular weight is 513 g/mol. The van der Waals surface area contributed by atoms with Crippen LogP contribution in [0.25, 0.3) is 0 Å². The minimum atomic E-state index is -3.50. The summed E-state index contributed by atoms with van der Waals surface area (Å²) in [6.07, 6.45) is 1.21. The van der Waals surface area contributed by atoms with Gasteiger partial charge < -0.3 is 5.32 Å². The first-order valence-corrected chi connectivity index (χ1v) is 14.0. The van der Waals surface area contributed by atoms with E-state index in [1.165, 1.54) is 10.6 Å². The van der Waals surface area contributed by atoms with Crippen molar-refractivity contribution in [3.8, 4) is 0 Å². The van der Waals surface area contributed by atoms with E-state index < -0.39 is 10.0 Å². The van der Waals surface area contributed by atoms with Crippen LogP contribution in [-0.2, 0) is 16.6 Å². The van der Waals surface area contributed by atoms with E-state index in [0.29, 0.717) is 11.3 Å². The molecule has 37 heavy (non-hydrogen) atoms. The predicted molar refractivity (Wildman–Crippen MR) is 150 cm³/mol. The molecule has 0 saturated heterocycles. The molecule has 1 amide bonds. The molecule has 0 heterocycles. The smallest absolute Gasteiger partial charge is 0.252 e. The van der Waals surface area contributed by atoms with Crippen LogP contribution < -0.4 is 9.62 Å². The quantitative estimate of drug-likeness (QED) is 0.310. The average Bonchev–Trinajstić information content (AvgIpc) is 2.88. The Morgan fingerprint density at radius 3 is 2.00 bits per heavy atom. The molecule has 0 unspecified atom stereocenters. The second-order valence-corrected chi connectivity index (χ2v) is 11.4. The van der Waals surface area contributed by atoms with Gasteiger partial charge >= 0.3 is 0 Å². The summed E-state index contributed by atoms with van der Waals surface area (Å²) in [5.74, 6) is -0.199. The number of amides is 1. The summed E-state index contributed by atoms with van der Waals surface area (Å²) in [4.78, 5) is 13.2. The highest BCUT2D eigenvalue weighted by Crippen LogP contribution is 2.25. The van der Waals surface area contributed by atoms with E-state index in [9.17, 15) is 13.2 Å². The van der Waals surface area contributed by atoms with E-state index in [1.807, 2.05) is 93.6 Å². The number of rotatable bonds is 8. The van der Waals surface area contributed by atoms with Crippen molar-refractivity contribution in [1.29, 1.82) is 0 Å². The van der Waals surface area contributed by atoms with Crippen molar-refractivity contribution in [3.05, 3.63) is 136 Å². The maximum Gasteiger partial charge on any atom is 0.252 e. The third kappa shape index (κ3) is 6.46. The Morgan fingerprint density at radius 1 is 0.784 bits per heavy atom. The molecule has 0 aromatic heterocycles. The zero-order valence-electron chi connectivity index (χ0n) is 21.6. The Hall–Kier alpha value is -3.90. The third-order valence-electron chi connectivity index (χ3n) is 6.54. The predicted octanol–water partition coefficient (Wildman–Crippen LogP) is 6.10. The summed E-state index contributed by atoms with van der Waals surface area (Å²) in [6, 6.07) is 30.4. The molecule has 4 aromatic rings. The lowest BCUT2D eigenvalue weighted by Crippen LogP contribution is -2.30. The Balaban J connectivity index is 1.55. The third-order valence-corrected chi connectivity index (χ3v) is 7.68. The molecule has 1 atom stereocenters. The van der Waals surface area contributed by atoms with Crippen molar-refractivity contribution >= 4 is 21.6 Å². The highest BCUT2D eigenvalue weighted by Gasteiger charge is 2.20. The monoisotopic (exact) mass is 512 g/mol. The molecule has 0 radical (unpaired) electrons. The van der Waals surface area contributed by atoms with Crippen LogP contribution in [0, 0.1) is 20.8 Å². The number of anilines is 1. The molecule has 0 fully saturated rings. The molecular formula is C31H32N2O3S.